The molecule has 0 spiro atoms. The van der Waals surface area contributed by atoms with E-state index < -0.39 is 6.10 Å². The fourth-order valence-corrected chi connectivity index (χ4v) is 2.12. The van der Waals surface area contributed by atoms with Gasteiger partial charge < -0.3 is 20.3 Å². The molecule has 96 valence electrons. The second kappa shape index (κ2) is 8.01. The molecule has 1 unspecified atom stereocenters. The molecule has 0 aromatic rings. The van der Waals surface area contributed by atoms with Crippen molar-refractivity contribution in [2.45, 2.75) is 44.8 Å². The van der Waals surface area contributed by atoms with Crippen molar-refractivity contribution in [2.75, 3.05) is 26.3 Å². The molecule has 0 aromatic heterocycles. The van der Waals surface area contributed by atoms with Gasteiger partial charge in [-0.3, -0.25) is 0 Å². The van der Waals surface area contributed by atoms with Gasteiger partial charge in [0.1, 0.15) is 0 Å². The first-order valence-electron chi connectivity index (χ1n) is 6.37. The van der Waals surface area contributed by atoms with Crippen LogP contribution in [0.4, 0.5) is 0 Å². The lowest BCUT2D eigenvalue weighted by Crippen LogP contribution is -2.35. The smallest absolute Gasteiger partial charge is 0.0897 e. The Balaban J connectivity index is 1.98. The van der Waals surface area contributed by atoms with E-state index in [4.69, 9.17) is 4.74 Å². The minimum atomic E-state index is -0.408. The molecule has 1 atom stereocenters. The highest BCUT2D eigenvalue weighted by atomic mass is 16.5. The molecule has 1 saturated carbocycles. The number of nitrogens with one attached hydrogen (secondary N) is 1. The standard InChI is InChI=1S/C12H25NO3/c1-2-16-9-12(15)8-13-7-10-3-5-11(14)6-4-10/h10-15H,2-9H2,1H3. The maximum absolute atomic E-state index is 9.52. The van der Waals surface area contributed by atoms with Crippen molar-refractivity contribution in [3.05, 3.63) is 0 Å². The van der Waals surface area contributed by atoms with Gasteiger partial charge in [0.05, 0.1) is 18.8 Å². The fourth-order valence-electron chi connectivity index (χ4n) is 2.12. The molecule has 1 aliphatic rings. The first kappa shape index (κ1) is 13.9. The minimum absolute atomic E-state index is 0.0835. The van der Waals surface area contributed by atoms with Crippen LogP contribution in [-0.2, 0) is 4.74 Å². The van der Waals surface area contributed by atoms with Crippen molar-refractivity contribution in [1.82, 2.24) is 5.32 Å². The van der Waals surface area contributed by atoms with Gasteiger partial charge in [-0.05, 0) is 45.1 Å². The van der Waals surface area contributed by atoms with E-state index in [-0.39, 0.29) is 6.10 Å². The van der Waals surface area contributed by atoms with E-state index in [0.717, 1.165) is 32.2 Å². The molecule has 4 heteroatoms. The van der Waals surface area contributed by atoms with Crippen LogP contribution in [0.1, 0.15) is 32.6 Å². The zero-order chi connectivity index (χ0) is 11.8. The van der Waals surface area contributed by atoms with Gasteiger partial charge in [0, 0.05) is 13.2 Å². The molecule has 0 bridgehead atoms. The molecule has 3 N–H and O–H groups in total. The monoisotopic (exact) mass is 231 g/mol. The summed E-state index contributed by atoms with van der Waals surface area (Å²) in [7, 11) is 0. The van der Waals surface area contributed by atoms with Gasteiger partial charge >= 0.3 is 0 Å². The molecular weight excluding hydrogens is 206 g/mol. The first-order valence-corrected chi connectivity index (χ1v) is 6.37. The first-order chi connectivity index (χ1) is 7.72. The van der Waals surface area contributed by atoms with Crippen molar-refractivity contribution >= 4 is 0 Å². The van der Waals surface area contributed by atoms with Crippen molar-refractivity contribution in [2.24, 2.45) is 5.92 Å². The highest BCUT2D eigenvalue weighted by molar-refractivity contribution is 4.73. The number of rotatable bonds is 7. The SMILES string of the molecule is CCOCC(O)CNCC1CCC(O)CC1. The van der Waals surface area contributed by atoms with Crippen LogP contribution in [0.15, 0.2) is 0 Å². The molecule has 16 heavy (non-hydrogen) atoms. The third kappa shape index (κ3) is 5.80. The van der Waals surface area contributed by atoms with Crippen LogP contribution in [0.25, 0.3) is 0 Å². The van der Waals surface area contributed by atoms with Crippen molar-refractivity contribution in [1.29, 1.82) is 0 Å². The van der Waals surface area contributed by atoms with E-state index in [0.29, 0.717) is 25.7 Å². The van der Waals surface area contributed by atoms with Crippen LogP contribution in [0.2, 0.25) is 0 Å². The summed E-state index contributed by atoms with van der Waals surface area (Å²) in [6.45, 7) is 4.52. The Morgan fingerprint density at radius 3 is 2.62 bits per heavy atom. The Morgan fingerprint density at radius 2 is 2.00 bits per heavy atom. The second-order valence-electron chi connectivity index (χ2n) is 4.65. The topological polar surface area (TPSA) is 61.7 Å². The van der Waals surface area contributed by atoms with E-state index in [1.807, 2.05) is 6.92 Å². The summed E-state index contributed by atoms with van der Waals surface area (Å²) >= 11 is 0. The largest absolute Gasteiger partial charge is 0.393 e. The van der Waals surface area contributed by atoms with Crippen LogP contribution < -0.4 is 5.32 Å². The molecule has 0 aromatic carbocycles. The Labute approximate surface area is 98.0 Å². The van der Waals surface area contributed by atoms with Crippen LogP contribution in [-0.4, -0.2) is 48.7 Å². The maximum Gasteiger partial charge on any atom is 0.0897 e. The highest BCUT2D eigenvalue weighted by Gasteiger charge is 2.18. The van der Waals surface area contributed by atoms with Crippen LogP contribution in [0.3, 0.4) is 0 Å². The van der Waals surface area contributed by atoms with E-state index in [1.54, 1.807) is 0 Å². The number of ether oxygens (including phenoxy) is 1. The molecule has 1 aliphatic carbocycles. The maximum atomic E-state index is 9.52. The molecule has 0 heterocycles. The van der Waals surface area contributed by atoms with Gasteiger partial charge in [-0.1, -0.05) is 0 Å². The Kier molecular flexibility index (Phi) is 6.96. The summed E-state index contributed by atoms with van der Waals surface area (Å²) in [5, 5.41) is 22.2. The van der Waals surface area contributed by atoms with Gasteiger partial charge in [-0.15, -0.1) is 0 Å². The molecule has 1 fully saturated rings. The molecule has 0 radical (unpaired) electrons. The quantitative estimate of drug-likeness (QED) is 0.598. The average molecular weight is 231 g/mol. The third-order valence-corrected chi connectivity index (χ3v) is 3.14. The molecule has 0 amide bonds. The van der Waals surface area contributed by atoms with Crippen molar-refractivity contribution < 1.29 is 14.9 Å². The second-order valence-corrected chi connectivity index (χ2v) is 4.65. The predicted octanol–water partition coefficient (Wildman–Crippen LogP) is 0.524. The van der Waals surface area contributed by atoms with Gasteiger partial charge in [0.15, 0.2) is 0 Å². The summed E-state index contributed by atoms with van der Waals surface area (Å²) in [6.07, 6.45) is 3.54. The normalized spacial score (nSPS) is 27.9. The lowest BCUT2D eigenvalue weighted by molar-refractivity contribution is 0.0415. The summed E-state index contributed by atoms with van der Waals surface area (Å²) in [5.41, 5.74) is 0. The van der Waals surface area contributed by atoms with E-state index in [2.05, 4.69) is 5.32 Å². The van der Waals surface area contributed by atoms with E-state index in [9.17, 15) is 10.2 Å². The minimum Gasteiger partial charge on any atom is -0.393 e. The van der Waals surface area contributed by atoms with Gasteiger partial charge in [0.25, 0.3) is 0 Å². The van der Waals surface area contributed by atoms with Crippen LogP contribution >= 0.6 is 0 Å². The van der Waals surface area contributed by atoms with Crippen molar-refractivity contribution in [3.63, 3.8) is 0 Å². The Morgan fingerprint density at radius 1 is 1.31 bits per heavy atom. The van der Waals surface area contributed by atoms with Crippen LogP contribution in [0.5, 0.6) is 0 Å². The van der Waals surface area contributed by atoms with Gasteiger partial charge in [-0.2, -0.15) is 0 Å². The number of hydrogen-bond donors (Lipinski definition) is 3. The molecule has 0 saturated heterocycles. The molecule has 0 aliphatic heterocycles. The van der Waals surface area contributed by atoms with Crippen LogP contribution in [0, 0.1) is 5.92 Å². The Hall–Kier alpha value is -0.160. The third-order valence-electron chi connectivity index (χ3n) is 3.14. The zero-order valence-corrected chi connectivity index (χ0v) is 10.2. The summed E-state index contributed by atoms with van der Waals surface area (Å²) in [4.78, 5) is 0. The molecular formula is C12H25NO3. The summed E-state index contributed by atoms with van der Waals surface area (Å²) in [6, 6.07) is 0. The molecule has 1 rings (SSSR count). The fraction of sp³-hybridized carbons (Fsp3) is 1.00. The number of aliphatic hydroxyl groups excluding tert-OH is 2. The number of aliphatic hydroxyl groups is 2. The predicted molar refractivity (Wildman–Crippen MR) is 63.3 cm³/mol. The Bertz CT molecular complexity index is 170. The lowest BCUT2D eigenvalue weighted by Gasteiger charge is -2.25. The van der Waals surface area contributed by atoms with E-state index >= 15 is 0 Å². The average Bonchev–Trinajstić information content (AvgIpc) is 2.29. The number of hydrogen-bond acceptors (Lipinski definition) is 4. The lowest BCUT2D eigenvalue weighted by atomic mass is 9.87. The summed E-state index contributed by atoms with van der Waals surface area (Å²) in [5.74, 6) is 0.655. The zero-order valence-electron chi connectivity index (χ0n) is 10.2. The highest BCUT2D eigenvalue weighted by Crippen LogP contribution is 2.23. The van der Waals surface area contributed by atoms with Crippen molar-refractivity contribution in [3.8, 4) is 0 Å². The molecule has 4 nitrogen and oxygen atoms in total. The van der Waals surface area contributed by atoms with E-state index in [1.165, 1.54) is 0 Å². The van der Waals surface area contributed by atoms with Gasteiger partial charge in [0.2, 0.25) is 0 Å². The van der Waals surface area contributed by atoms with Gasteiger partial charge in [-0.25, -0.2) is 0 Å². The summed E-state index contributed by atoms with van der Waals surface area (Å²) < 4.78 is 5.13.